The van der Waals surface area contributed by atoms with Gasteiger partial charge in [-0.2, -0.15) is 0 Å². The molecule has 0 aliphatic carbocycles. The summed E-state index contributed by atoms with van der Waals surface area (Å²) in [5, 5.41) is 6.47. The third kappa shape index (κ3) is 5.36. The van der Waals surface area contributed by atoms with Gasteiger partial charge in [0.1, 0.15) is 0 Å². The molecule has 38 heavy (non-hydrogen) atoms. The van der Waals surface area contributed by atoms with Crippen molar-refractivity contribution >= 4 is 40.1 Å². The molecule has 6 nitrogen and oxygen atoms in total. The number of para-hydroxylation sites is 1. The Balaban J connectivity index is 1.48. The van der Waals surface area contributed by atoms with E-state index in [4.69, 9.17) is 0 Å². The molecule has 0 radical (unpaired) electrons. The minimum Gasteiger partial charge on any atom is -0.354 e. The highest BCUT2D eigenvalue weighted by Crippen LogP contribution is 2.37. The van der Waals surface area contributed by atoms with Gasteiger partial charge in [0.15, 0.2) is 0 Å². The lowest BCUT2D eigenvalue weighted by Crippen LogP contribution is -2.36. The number of benzene rings is 4. The summed E-state index contributed by atoms with van der Waals surface area (Å²) in [6.07, 6.45) is 0. The molecule has 4 aromatic carbocycles. The molecule has 1 aliphatic rings. The normalized spacial score (nSPS) is 13.6. The topological polar surface area (TPSA) is 64.7 Å². The van der Waals surface area contributed by atoms with Crippen LogP contribution in [0.5, 0.6) is 0 Å². The highest BCUT2D eigenvalue weighted by atomic mass is 16.2. The van der Waals surface area contributed by atoms with Gasteiger partial charge < -0.3 is 20.4 Å². The molecule has 5 rings (SSSR count). The molecule has 0 saturated heterocycles. The van der Waals surface area contributed by atoms with Crippen LogP contribution in [0.1, 0.15) is 21.5 Å². The number of nitrogens with zero attached hydrogens (tertiary/aromatic N) is 2. The summed E-state index contributed by atoms with van der Waals surface area (Å²) in [7, 11) is 3.99. The second-order valence-corrected chi connectivity index (χ2v) is 9.41. The molecule has 2 N–H and O–H groups in total. The van der Waals surface area contributed by atoms with E-state index in [1.165, 1.54) is 0 Å². The van der Waals surface area contributed by atoms with Crippen molar-refractivity contribution in [1.29, 1.82) is 0 Å². The number of amides is 2. The molecular formula is C32H30N4O2. The molecule has 190 valence electrons. The van der Waals surface area contributed by atoms with Gasteiger partial charge in [-0.3, -0.25) is 9.59 Å². The predicted octanol–water partition coefficient (Wildman–Crippen LogP) is 5.83. The van der Waals surface area contributed by atoms with E-state index in [1.54, 1.807) is 4.90 Å². The molecule has 0 spiro atoms. The number of fused-ring (bicyclic) bond motifs is 1. The van der Waals surface area contributed by atoms with Crippen LogP contribution in [0.25, 0.3) is 11.3 Å². The van der Waals surface area contributed by atoms with E-state index in [2.05, 4.69) is 15.5 Å². The molecule has 0 aromatic heterocycles. The average Bonchev–Trinajstić information content (AvgIpc) is 3.28. The minimum absolute atomic E-state index is 0.0421. The van der Waals surface area contributed by atoms with Crippen LogP contribution < -0.4 is 15.5 Å². The fourth-order valence-electron chi connectivity index (χ4n) is 4.50. The third-order valence-electron chi connectivity index (χ3n) is 6.47. The summed E-state index contributed by atoms with van der Waals surface area (Å²) in [6.45, 7) is 1.29. The maximum atomic E-state index is 13.4. The van der Waals surface area contributed by atoms with Crippen LogP contribution >= 0.6 is 0 Å². The Morgan fingerprint density at radius 3 is 2.00 bits per heavy atom. The summed E-state index contributed by atoms with van der Waals surface area (Å²) in [4.78, 5) is 30.3. The summed E-state index contributed by atoms with van der Waals surface area (Å²) in [5.41, 5.74) is 6.17. The van der Waals surface area contributed by atoms with Crippen molar-refractivity contribution in [2.24, 2.45) is 0 Å². The van der Waals surface area contributed by atoms with Crippen LogP contribution in [0.2, 0.25) is 0 Å². The van der Waals surface area contributed by atoms with Gasteiger partial charge in [0.2, 0.25) is 0 Å². The van der Waals surface area contributed by atoms with Gasteiger partial charge >= 0.3 is 0 Å². The lowest BCUT2D eigenvalue weighted by molar-refractivity contribution is -0.110. The van der Waals surface area contributed by atoms with Crippen molar-refractivity contribution in [1.82, 2.24) is 4.90 Å². The van der Waals surface area contributed by atoms with E-state index in [1.807, 2.05) is 123 Å². The van der Waals surface area contributed by atoms with E-state index < -0.39 is 0 Å². The molecular weight excluding hydrogens is 472 g/mol. The van der Waals surface area contributed by atoms with Gasteiger partial charge in [-0.1, -0.05) is 66.7 Å². The van der Waals surface area contributed by atoms with E-state index in [-0.39, 0.29) is 11.8 Å². The van der Waals surface area contributed by atoms with Crippen LogP contribution in [0.4, 0.5) is 17.1 Å². The Morgan fingerprint density at radius 1 is 0.737 bits per heavy atom. The zero-order chi connectivity index (χ0) is 26.5. The van der Waals surface area contributed by atoms with E-state index in [0.717, 1.165) is 40.4 Å². The maximum Gasteiger partial charge on any atom is 0.258 e. The van der Waals surface area contributed by atoms with Crippen molar-refractivity contribution < 1.29 is 9.59 Å². The lowest BCUT2D eigenvalue weighted by Gasteiger charge is -2.25. The number of hydrogen-bond donors (Lipinski definition) is 2. The second kappa shape index (κ2) is 11.2. The average molecular weight is 503 g/mol. The van der Waals surface area contributed by atoms with Crippen molar-refractivity contribution in [3.8, 4) is 0 Å². The first kappa shape index (κ1) is 25.0. The molecule has 1 heterocycles. The second-order valence-electron chi connectivity index (χ2n) is 9.41. The predicted molar refractivity (Wildman–Crippen MR) is 155 cm³/mol. The maximum absolute atomic E-state index is 13.4. The quantitative estimate of drug-likeness (QED) is 0.298. The van der Waals surface area contributed by atoms with E-state index in [9.17, 15) is 9.59 Å². The van der Waals surface area contributed by atoms with E-state index >= 15 is 0 Å². The Kier molecular flexibility index (Phi) is 7.33. The lowest BCUT2D eigenvalue weighted by atomic mass is 10.00. The molecule has 0 fully saturated rings. The first-order valence-corrected chi connectivity index (χ1v) is 12.6. The van der Waals surface area contributed by atoms with Gasteiger partial charge in [0.05, 0.1) is 11.3 Å². The van der Waals surface area contributed by atoms with Crippen LogP contribution in [0.15, 0.2) is 109 Å². The van der Waals surface area contributed by atoms with Crippen molar-refractivity contribution in [3.05, 3.63) is 126 Å². The molecule has 0 atom stereocenters. The number of likely N-dealkylation sites (N-methyl/N-ethyl adjacent to an activating group) is 1. The first-order chi connectivity index (χ1) is 18.5. The van der Waals surface area contributed by atoms with Crippen LogP contribution in [0.3, 0.4) is 0 Å². The fraction of sp³-hybridized carbons (Fsp3) is 0.125. The third-order valence-corrected chi connectivity index (χ3v) is 6.47. The molecule has 2 amide bonds. The zero-order valence-electron chi connectivity index (χ0n) is 21.5. The van der Waals surface area contributed by atoms with E-state index in [0.29, 0.717) is 17.7 Å². The zero-order valence-corrected chi connectivity index (χ0v) is 21.5. The molecule has 0 saturated carbocycles. The van der Waals surface area contributed by atoms with Gasteiger partial charge in [0, 0.05) is 41.3 Å². The highest BCUT2D eigenvalue weighted by Gasteiger charge is 2.28. The van der Waals surface area contributed by atoms with Gasteiger partial charge in [-0.15, -0.1) is 0 Å². The fourth-order valence-corrected chi connectivity index (χ4v) is 4.50. The minimum atomic E-state index is -0.141. The standard InChI is InChI=1S/C32H30N4O2/c1-35(2)21-22-36(32(38)24-13-7-4-8-14-24)26-19-17-25(18-20-26)33-30(23-11-5-3-6-12-23)29-27-15-9-10-16-28(27)34-31(29)37/h3-20,33H,21-22H2,1-2H3,(H,34,37)/b30-29-. The Bertz CT molecular complexity index is 1460. The smallest absolute Gasteiger partial charge is 0.258 e. The van der Waals surface area contributed by atoms with Gasteiger partial charge in [-0.05, 0) is 62.1 Å². The number of rotatable bonds is 8. The highest BCUT2D eigenvalue weighted by molar-refractivity contribution is 6.37. The Morgan fingerprint density at radius 2 is 1.34 bits per heavy atom. The number of hydrogen-bond acceptors (Lipinski definition) is 4. The molecule has 1 aliphatic heterocycles. The Labute approximate surface area is 223 Å². The van der Waals surface area contributed by atoms with Crippen molar-refractivity contribution in [2.75, 3.05) is 42.7 Å². The van der Waals surface area contributed by atoms with Gasteiger partial charge in [0.25, 0.3) is 11.8 Å². The number of anilines is 3. The largest absolute Gasteiger partial charge is 0.354 e. The summed E-state index contributed by atoms with van der Waals surface area (Å²) in [6, 6.07) is 34.6. The number of carbonyl (C=O) groups is 2. The molecule has 4 aromatic rings. The number of nitrogens with one attached hydrogen (secondary N) is 2. The summed E-state index contributed by atoms with van der Waals surface area (Å²) < 4.78 is 0. The summed E-state index contributed by atoms with van der Waals surface area (Å²) in [5.74, 6) is -0.183. The van der Waals surface area contributed by atoms with Crippen LogP contribution in [-0.4, -0.2) is 43.9 Å². The van der Waals surface area contributed by atoms with Crippen LogP contribution in [0, 0.1) is 0 Å². The van der Waals surface area contributed by atoms with Gasteiger partial charge in [-0.25, -0.2) is 0 Å². The summed E-state index contributed by atoms with van der Waals surface area (Å²) >= 11 is 0. The Hall–Kier alpha value is -4.68. The molecule has 6 heteroatoms. The molecule has 0 unspecified atom stereocenters. The SMILES string of the molecule is CN(C)CCN(C(=O)c1ccccc1)c1ccc(N/C(=C2\C(=O)Nc3ccccc32)c2ccccc2)cc1. The molecule has 0 bridgehead atoms. The monoisotopic (exact) mass is 502 g/mol. The van der Waals surface area contributed by atoms with Crippen molar-refractivity contribution in [2.45, 2.75) is 0 Å². The van der Waals surface area contributed by atoms with Crippen molar-refractivity contribution in [3.63, 3.8) is 0 Å². The van der Waals surface area contributed by atoms with Crippen LogP contribution in [-0.2, 0) is 4.79 Å². The number of carbonyl (C=O) groups excluding carboxylic acids is 2. The first-order valence-electron chi connectivity index (χ1n) is 12.6.